The maximum absolute atomic E-state index is 12.5. The van der Waals surface area contributed by atoms with Gasteiger partial charge < -0.3 is 10.1 Å². The van der Waals surface area contributed by atoms with Gasteiger partial charge in [-0.3, -0.25) is 9.48 Å². The van der Waals surface area contributed by atoms with Crippen molar-refractivity contribution in [3.63, 3.8) is 0 Å². The predicted octanol–water partition coefficient (Wildman–Crippen LogP) is 4.83. The Hall–Kier alpha value is -2.31. The summed E-state index contributed by atoms with van der Waals surface area (Å²) in [6.07, 6.45) is 1.59. The standard InChI is InChI=1S/C20H19BrClN3O2/c1-2-25-18(17(22)11-24-25)12-23-20(26)15-7-5-6-14(10-15)13-27-19-9-4-3-8-16(19)21/h3-11H,2,12-13H2,1H3,(H,23,26). The second kappa shape index (κ2) is 9.06. The molecule has 0 aliphatic carbocycles. The normalized spacial score (nSPS) is 10.6. The van der Waals surface area contributed by atoms with E-state index in [9.17, 15) is 4.79 Å². The number of para-hydroxylation sites is 1. The summed E-state index contributed by atoms with van der Waals surface area (Å²) in [6.45, 7) is 3.37. The third kappa shape index (κ3) is 4.90. The summed E-state index contributed by atoms with van der Waals surface area (Å²) in [4.78, 5) is 12.5. The molecule has 3 rings (SSSR count). The van der Waals surface area contributed by atoms with E-state index in [4.69, 9.17) is 16.3 Å². The molecule has 1 N–H and O–H groups in total. The second-order valence-corrected chi connectivity index (χ2v) is 7.12. The first kappa shape index (κ1) is 19.5. The highest BCUT2D eigenvalue weighted by atomic mass is 79.9. The van der Waals surface area contributed by atoms with Gasteiger partial charge in [-0.2, -0.15) is 5.10 Å². The summed E-state index contributed by atoms with van der Waals surface area (Å²) >= 11 is 9.59. The van der Waals surface area contributed by atoms with E-state index in [1.165, 1.54) is 0 Å². The van der Waals surface area contributed by atoms with Crippen molar-refractivity contribution in [1.82, 2.24) is 15.1 Å². The van der Waals surface area contributed by atoms with Crippen molar-refractivity contribution in [3.05, 3.63) is 81.0 Å². The van der Waals surface area contributed by atoms with E-state index in [0.29, 0.717) is 30.3 Å². The Morgan fingerprint density at radius 2 is 2.07 bits per heavy atom. The zero-order valence-corrected chi connectivity index (χ0v) is 17.1. The van der Waals surface area contributed by atoms with E-state index in [-0.39, 0.29) is 5.91 Å². The van der Waals surface area contributed by atoms with Crippen LogP contribution in [0.3, 0.4) is 0 Å². The first-order chi connectivity index (χ1) is 13.1. The molecule has 1 heterocycles. The Balaban J connectivity index is 1.63. The lowest BCUT2D eigenvalue weighted by atomic mass is 10.1. The summed E-state index contributed by atoms with van der Waals surface area (Å²) < 4.78 is 8.48. The van der Waals surface area contributed by atoms with Crippen LogP contribution < -0.4 is 10.1 Å². The Morgan fingerprint density at radius 3 is 2.85 bits per heavy atom. The molecule has 7 heteroatoms. The Morgan fingerprint density at radius 1 is 1.26 bits per heavy atom. The van der Waals surface area contributed by atoms with Gasteiger partial charge in [0.2, 0.25) is 0 Å². The molecule has 140 valence electrons. The Bertz CT molecular complexity index is 942. The van der Waals surface area contributed by atoms with Gasteiger partial charge in [-0.25, -0.2) is 0 Å². The molecule has 0 fully saturated rings. The number of ether oxygens (including phenoxy) is 1. The number of aryl methyl sites for hydroxylation is 1. The van der Waals surface area contributed by atoms with Crippen molar-refractivity contribution in [1.29, 1.82) is 0 Å². The van der Waals surface area contributed by atoms with Gasteiger partial charge in [0.05, 0.1) is 27.9 Å². The molecular formula is C20H19BrClN3O2. The van der Waals surface area contributed by atoms with Crippen molar-refractivity contribution in [2.75, 3.05) is 0 Å². The van der Waals surface area contributed by atoms with Gasteiger partial charge >= 0.3 is 0 Å². The number of nitrogens with one attached hydrogen (secondary N) is 1. The first-order valence-corrected chi connectivity index (χ1v) is 9.70. The number of hydrogen-bond donors (Lipinski definition) is 1. The molecule has 0 aliphatic heterocycles. The topological polar surface area (TPSA) is 56.2 Å². The van der Waals surface area contributed by atoms with Crippen LogP contribution in [0.2, 0.25) is 5.02 Å². The number of hydrogen-bond acceptors (Lipinski definition) is 3. The Kier molecular flexibility index (Phi) is 6.53. The van der Waals surface area contributed by atoms with Crippen LogP contribution in [-0.4, -0.2) is 15.7 Å². The van der Waals surface area contributed by atoms with Crippen LogP contribution in [0.15, 0.2) is 59.2 Å². The molecule has 0 atom stereocenters. The average molecular weight is 449 g/mol. The number of nitrogens with zero attached hydrogens (tertiary/aromatic N) is 2. The van der Waals surface area contributed by atoms with Gasteiger partial charge in [0.1, 0.15) is 12.4 Å². The zero-order valence-electron chi connectivity index (χ0n) is 14.8. The minimum atomic E-state index is -0.169. The first-order valence-electron chi connectivity index (χ1n) is 8.53. The molecule has 0 radical (unpaired) electrons. The fourth-order valence-corrected chi connectivity index (χ4v) is 3.23. The average Bonchev–Trinajstić information content (AvgIpc) is 3.05. The van der Waals surface area contributed by atoms with E-state index in [0.717, 1.165) is 21.5 Å². The van der Waals surface area contributed by atoms with Crippen LogP contribution >= 0.6 is 27.5 Å². The van der Waals surface area contributed by atoms with Gasteiger partial charge in [-0.15, -0.1) is 0 Å². The maximum atomic E-state index is 12.5. The minimum Gasteiger partial charge on any atom is -0.488 e. The van der Waals surface area contributed by atoms with Crippen LogP contribution in [0.4, 0.5) is 0 Å². The van der Waals surface area contributed by atoms with E-state index in [2.05, 4.69) is 26.3 Å². The van der Waals surface area contributed by atoms with Crippen LogP contribution in [0, 0.1) is 0 Å². The molecule has 0 saturated heterocycles. The van der Waals surface area contributed by atoms with Crippen molar-refractivity contribution in [2.45, 2.75) is 26.6 Å². The molecule has 27 heavy (non-hydrogen) atoms. The molecule has 0 spiro atoms. The van der Waals surface area contributed by atoms with Crippen molar-refractivity contribution in [2.24, 2.45) is 0 Å². The highest BCUT2D eigenvalue weighted by Gasteiger charge is 2.11. The third-order valence-electron chi connectivity index (χ3n) is 4.03. The smallest absolute Gasteiger partial charge is 0.251 e. The zero-order chi connectivity index (χ0) is 19.2. The number of carbonyl (C=O) groups excluding carboxylic acids is 1. The highest BCUT2D eigenvalue weighted by Crippen LogP contribution is 2.24. The van der Waals surface area contributed by atoms with Crippen molar-refractivity contribution in [3.8, 4) is 5.75 Å². The van der Waals surface area contributed by atoms with E-state index >= 15 is 0 Å². The summed E-state index contributed by atoms with van der Waals surface area (Å²) in [7, 11) is 0. The lowest BCUT2D eigenvalue weighted by Crippen LogP contribution is -2.24. The Labute approximate surface area is 171 Å². The number of benzene rings is 2. The second-order valence-electron chi connectivity index (χ2n) is 5.86. The molecule has 0 aliphatic rings. The number of carbonyl (C=O) groups is 1. The number of halogens is 2. The molecule has 2 aromatic carbocycles. The lowest BCUT2D eigenvalue weighted by Gasteiger charge is -2.10. The summed E-state index contributed by atoms with van der Waals surface area (Å²) in [5.74, 6) is 0.590. The minimum absolute atomic E-state index is 0.169. The van der Waals surface area contributed by atoms with Crippen LogP contribution in [0.25, 0.3) is 0 Å². The largest absolute Gasteiger partial charge is 0.488 e. The quantitative estimate of drug-likeness (QED) is 0.563. The van der Waals surface area contributed by atoms with Gasteiger partial charge in [0.15, 0.2) is 0 Å². The maximum Gasteiger partial charge on any atom is 0.251 e. The van der Waals surface area contributed by atoms with Crippen molar-refractivity contribution < 1.29 is 9.53 Å². The molecule has 3 aromatic rings. The monoisotopic (exact) mass is 447 g/mol. The summed E-state index contributed by atoms with van der Waals surface area (Å²) in [5, 5.41) is 7.62. The molecular weight excluding hydrogens is 430 g/mol. The van der Waals surface area contributed by atoms with Crippen LogP contribution in [-0.2, 0) is 19.7 Å². The van der Waals surface area contributed by atoms with Gasteiger partial charge in [0, 0.05) is 12.1 Å². The van der Waals surface area contributed by atoms with Crippen molar-refractivity contribution >= 4 is 33.4 Å². The predicted molar refractivity (Wildman–Crippen MR) is 109 cm³/mol. The summed E-state index contributed by atoms with van der Waals surface area (Å²) in [5.41, 5.74) is 2.28. The third-order valence-corrected chi connectivity index (χ3v) is 5.00. The number of rotatable bonds is 7. The molecule has 0 saturated carbocycles. The van der Waals surface area contributed by atoms with Gasteiger partial charge in [-0.1, -0.05) is 35.9 Å². The van der Waals surface area contributed by atoms with E-state index < -0.39 is 0 Å². The van der Waals surface area contributed by atoms with Crippen LogP contribution in [0.5, 0.6) is 5.75 Å². The summed E-state index contributed by atoms with van der Waals surface area (Å²) in [6, 6.07) is 15.0. The lowest BCUT2D eigenvalue weighted by molar-refractivity contribution is 0.0949. The molecule has 0 unspecified atom stereocenters. The van der Waals surface area contributed by atoms with Crippen LogP contribution in [0.1, 0.15) is 28.5 Å². The molecule has 5 nitrogen and oxygen atoms in total. The van der Waals surface area contributed by atoms with Gasteiger partial charge in [-0.05, 0) is 52.7 Å². The number of aromatic nitrogens is 2. The molecule has 1 aromatic heterocycles. The van der Waals surface area contributed by atoms with Gasteiger partial charge in [0.25, 0.3) is 5.91 Å². The van der Waals surface area contributed by atoms with E-state index in [1.807, 2.05) is 49.4 Å². The fourth-order valence-electron chi connectivity index (χ4n) is 2.63. The molecule has 1 amide bonds. The SMILES string of the molecule is CCn1ncc(Cl)c1CNC(=O)c1cccc(COc2ccccc2Br)c1. The fraction of sp³-hybridized carbons (Fsp3) is 0.200. The number of amides is 1. The highest BCUT2D eigenvalue weighted by molar-refractivity contribution is 9.10. The van der Waals surface area contributed by atoms with E-state index in [1.54, 1.807) is 16.9 Å². The molecule has 0 bridgehead atoms.